The van der Waals surface area contributed by atoms with Gasteiger partial charge in [0.25, 0.3) is 5.56 Å². The number of likely N-dealkylation sites (tertiary alicyclic amines) is 1. The SMILES string of the molecule is C=CCn1c(=O)c(C=NC(=C)Nc2ccc(OC3CN(CCO)C3)c(C)c2)c(N)n1-c1ccccn1. The zero-order chi connectivity index (χ0) is 25.7. The highest BCUT2D eigenvalue weighted by Gasteiger charge is 2.28. The Labute approximate surface area is 209 Å². The number of pyridine rings is 1. The number of β-amino-alcohol motifs (C(OH)–C–C–N with tert-alkyl or cyclic N) is 1. The Morgan fingerprint density at radius 1 is 1.36 bits per heavy atom. The third-order valence-electron chi connectivity index (χ3n) is 5.83. The second-order valence-electron chi connectivity index (χ2n) is 8.51. The second kappa shape index (κ2) is 11.1. The predicted molar refractivity (Wildman–Crippen MR) is 142 cm³/mol. The minimum absolute atomic E-state index is 0.127. The zero-order valence-corrected chi connectivity index (χ0v) is 20.3. The molecule has 1 saturated heterocycles. The molecule has 1 aromatic carbocycles. The van der Waals surface area contributed by atoms with Crippen LogP contribution in [0.2, 0.25) is 0 Å². The van der Waals surface area contributed by atoms with E-state index >= 15 is 0 Å². The van der Waals surface area contributed by atoms with E-state index in [1.165, 1.54) is 10.9 Å². The number of hydrogen-bond acceptors (Lipinski definition) is 8. The van der Waals surface area contributed by atoms with Gasteiger partial charge in [0.15, 0.2) is 5.82 Å². The Kier molecular flexibility index (Phi) is 7.67. The summed E-state index contributed by atoms with van der Waals surface area (Å²) in [6, 6.07) is 11.1. The number of aliphatic imine (C=N–C) groups is 1. The average molecular weight is 490 g/mol. The van der Waals surface area contributed by atoms with Gasteiger partial charge in [-0.3, -0.25) is 9.69 Å². The molecule has 0 atom stereocenters. The first-order chi connectivity index (χ1) is 17.4. The number of aliphatic hydroxyl groups excluding tert-OH is 1. The van der Waals surface area contributed by atoms with E-state index in [0.29, 0.717) is 18.2 Å². The van der Waals surface area contributed by atoms with Crippen molar-refractivity contribution in [2.75, 3.05) is 37.3 Å². The van der Waals surface area contributed by atoms with E-state index in [1.807, 2.05) is 31.2 Å². The fraction of sp³-hybridized carbons (Fsp3) is 0.269. The largest absolute Gasteiger partial charge is 0.487 e. The molecule has 1 aliphatic rings. The van der Waals surface area contributed by atoms with Crippen LogP contribution in [0.4, 0.5) is 11.5 Å². The Balaban J connectivity index is 1.45. The lowest BCUT2D eigenvalue weighted by molar-refractivity contribution is 0.0103. The van der Waals surface area contributed by atoms with Crippen LogP contribution in [-0.2, 0) is 6.54 Å². The van der Waals surface area contributed by atoms with Crippen molar-refractivity contribution >= 4 is 17.7 Å². The Bertz CT molecular complexity index is 1320. The molecular weight excluding hydrogens is 458 g/mol. The number of nitrogen functional groups attached to an aromatic ring is 1. The van der Waals surface area contributed by atoms with Crippen LogP contribution >= 0.6 is 0 Å². The standard InChI is InChI=1S/C26H31N7O3/c1-4-11-32-26(35)22(25(27)33(32)24-7-5-6-10-28-24)15-29-19(3)30-20-8-9-23(18(2)14-20)36-21-16-31(17-21)12-13-34/h4-10,14-15,21,30,34H,1,3,11-13,16-17,27H2,2H3. The quantitative estimate of drug-likeness (QED) is 0.279. The Morgan fingerprint density at radius 3 is 2.83 bits per heavy atom. The maximum Gasteiger partial charge on any atom is 0.278 e. The van der Waals surface area contributed by atoms with Gasteiger partial charge in [-0.1, -0.05) is 18.7 Å². The number of ether oxygens (including phenoxy) is 1. The van der Waals surface area contributed by atoms with Gasteiger partial charge in [0.1, 0.15) is 29.1 Å². The minimum atomic E-state index is -0.305. The lowest BCUT2D eigenvalue weighted by Gasteiger charge is -2.38. The number of nitrogens with two attached hydrogens (primary N) is 1. The summed E-state index contributed by atoms with van der Waals surface area (Å²) < 4.78 is 9.05. The molecule has 0 saturated carbocycles. The molecule has 0 bridgehead atoms. The molecule has 1 aliphatic heterocycles. The molecule has 0 radical (unpaired) electrons. The normalized spacial score (nSPS) is 14.1. The Morgan fingerprint density at radius 2 is 2.17 bits per heavy atom. The molecule has 3 aromatic rings. The number of rotatable bonds is 11. The van der Waals surface area contributed by atoms with Gasteiger partial charge in [0, 0.05) is 37.7 Å². The van der Waals surface area contributed by atoms with E-state index in [-0.39, 0.29) is 36.2 Å². The van der Waals surface area contributed by atoms with Gasteiger partial charge in [0.05, 0.1) is 13.2 Å². The summed E-state index contributed by atoms with van der Waals surface area (Å²) in [6.07, 6.45) is 4.79. The zero-order valence-electron chi connectivity index (χ0n) is 20.3. The summed E-state index contributed by atoms with van der Waals surface area (Å²) in [7, 11) is 0. The first-order valence-electron chi connectivity index (χ1n) is 11.7. The van der Waals surface area contributed by atoms with Crippen molar-refractivity contribution in [3.8, 4) is 11.6 Å². The van der Waals surface area contributed by atoms with Gasteiger partial charge in [-0.05, 0) is 42.8 Å². The summed E-state index contributed by atoms with van der Waals surface area (Å²) in [5.74, 6) is 1.91. The monoisotopic (exact) mass is 489 g/mol. The number of aliphatic hydroxyl groups is 1. The number of benzene rings is 1. The van der Waals surface area contributed by atoms with Crippen LogP contribution in [0.25, 0.3) is 5.82 Å². The van der Waals surface area contributed by atoms with E-state index in [0.717, 1.165) is 30.1 Å². The maximum atomic E-state index is 13.0. The highest BCUT2D eigenvalue weighted by molar-refractivity contribution is 5.86. The maximum absolute atomic E-state index is 13.0. The molecule has 4 rings (SSSR count). The predicted octanol–water partition coefficient (Wildman–Crippen LogP) is 2.17. The number of hydrogen-bond donors (Lipinski definition) is 3. The van der Waals surface area contributed by atoms with Crippen LogP contribution in [0.5, 0.6) is 5.75 Å². The summed E-state index contributed by atoms with van der Waals surface area (Å²) in [4.78, 5) is 23.8. The first kappa shape index (κ1) is 25.0. The van der Waals surface area contributed by atoms with Crippen molar-refractivity contribution in [2.24, 2.45) is 4.99 Å². The third kappa shape index (κ3) is 5.40. The van der Waals surface area contributed by atoms with E-state index in [4.69, 9.17) is 15.6 Å². The smallest absolute Gasteiger partial charge is 0.278 e. The first-order valence-corrected chi connectivity index (χ1v) is 11.7. The molecule has 3 heterocycles. The van der Waals surface area contributed by atoms with E-state index in [1.54, 1.807) is 29.1 Å². The summed E-state index contributed by atoms with van der Waals surface area (Å²) in [5, 5.41) is 12.1. The summed E-state index contributed by atoms with van der Waals surface area (Å²) in [5.41, 5.74) is 8.02. The molecule has 1 fully saturated rings. The molecule has 188 valence electrons. The van der Waals surface area contributed by atoms with Crippen LogP contribution < -0.4 is 21.3 Å². The average Bonchev–Trinajstić information content (AvgIpc) is 3.07. The van der Waals surface area contributed by atoms with Crippen LogP contribution in [0.3, 0.4) is 0 Å². The molecule has 0 aliphatic carbocycles. The van der Waals surface area contributed by atoms with Gasteiger partial charge < -0.3 is 20.9 Å². The number of nitrogens with zero attached hydrogens (tertiary/aromatic N) is 5. The lowest BCUT2D eigenvalue weighted by atomic mass is 10.1. The van der Waals surface area contributed by atoms with Crippen LogP contribution in [0.15, 0.2) is 77.4 Å². The molecule has 0 unspecified atom stereocenters. The molecule has 10 nitrogen and oxygen atoms in total. The van der Waals surface area contributed by atoms with Gasteiger partial charge in [-0.2, -0.15) is 0 Å². The van der Waals surface area contributed by atoms with Crippen molar-refractivity contribution in [3.63, 3.8) is 0 Å². The van der Waals surface area contributed by atoms with Crippen molar-refractivity contribution < 1.29 is 9.84 Å². The lowest BCUT2D eigenvalue weighted by Crippen LogP contribution is -2.54. The fourth-order valence-corrected chi connectivity index (χ4v) is 4.02. The van der Waals surface area contributed by atoms with Crippen LogP contribution in [-0.4, -0.2) is 62.9 Å². The van der Waals surface area contributed by atoms with Gasteiger partial charge in [0.2, 0.25) is 0 Å². The number of aromatic nitrogens is 3. The highest BCUT2D eigenvalue weighted by Crippen LogP contribution is 2.26. The van der Waals surface area contributed by atoms with Gasteiger partial charge in [-0.15, -0.1) is 6.58 Å². The Hall–Kier alpha value is -4.15. The van der Waals surface area contributed by atoms with Crippen molar-refractivity contribution in [1.29, 1.82) is 0 Å². The second-order valence-corrected chi connectivity index (χ2v) is 8.51. The topological polar surface area (TPSA) is 123 Å². The fourth-order valence-electron chi connectivity index (χ4n) is 4.02. The summed E-state index contributed by atoms with van der Waals surface area (Å²) in [6.45, 7) is 12.4. The molecule has 2 aromatic heterocycles. The third-order valence-corrected chi connectivity index (χ3v) is 5.83. The van der Waals surface area contributed by atoms with Crippen molar-refractivity contribution in [3.05, 3.63) is 89.1 Å². The van der Waals surface area contributed by atoms with E-state index < -0.39 is 0 Å². The minimum Gasteiger partial charge on any atom is -0.487 e. The molecular formula is C26H31N7O3. The van der Waals surface area contributed by atoms with E-state index in [2.05, 4.69) is 33.4 Å². The highest BCUT2D eigenvalue weighted by atomic mass is 16.5. The number of aryl methyl sites for hydroxylation is 1. The van der Waals surface area contributed by atoms with Crippen molar-refractivity contribution in [1.82, 2.24) is 19.2 Å². The van der Waals surface area contributed by atoms with Crippen LogP contribution in [0, 0.1) is 6.92 Å². The molecule has 4 N–H and O–H groups in total. The van der Waals surface area contributed by atoms with Crippen molar-refractivity contribution in [2.45, 2.75) is 19.6 Å². The molecule has 10 heteroatoms. The van der Waals surface area contributed by atoms with Gasteiger partial charge >= 0.3 is 0 Å². The molecule has 0 spiro atoms. The number of allylic oxidation sites excluding steroid dienone is 1. The number of anilines is 2. The van der Waals surface area contributed by atoms with Gasteiger partial charge in [-0.25, -0.2) is 19.3 Å². The van der Waals surface area contributed by atoms with E-state index in [9.17, 15) is 4.79 Å². The number of nitrogens with one attached hydrogen (secondary N) is 1. The molecule has 36 heavy (non-hydrogen) atoms. The van der Waals surface area contributed by atoms with Crippen LogP contribution in [0.1, 0.15) is 11.1 Å². The molecule has 0 amide bonds. The summed E-state index contributed by atoms with van der Waals surface area (Å²) >= 11 is 0.